The van der Waals surface area contributed by atoms with Gasteiger partial charge in [-0.05, 0) is 38.3 Å². The third kappa shape index (κ3) is 4.35. The van der Waals surface area contributed by atoms with Gasteiger partial charge in [0.25, 0.3) is 5.91 Å². The van der Waals surface area contributed by atoms with Crippen LogP contribution in [0, 0.1) is 5.92 Å². The average molecular weight is 249 g/mol. The van der Waals surface area contributed by atoms with Crippen LogP contribution in [0.3, 0.4) is 0 Å². The number of pyridine rings is 1. The minimum Gasteiger partial charge on any atom is -0.370 e. The van der Waals surface area contributed by atoms with Crippen LogP contribution in [0.4, 0.5) is 5.82 Å². The van der Waals surface area contributed by atoms with Crippen molar-refractivity contribution in [2.24, 2.45) is 5.92 Å². The Labute approximate surface area is 109 Å². The lowest BCUT2D eigenvalue weighted by molar-refractivity contribution is 0.0936. The maximum atomic E-state index is 12.1. The summed E-state index contributed by atoms with van der Waals surface area (Å²) in [5.74, 6) is 1.16. The molecule has 1 unspecified atom stereocenters. The quantitative estimate of drug-likeness (QED) is 0.815. The predicted octanol–water partition coefficient (Wildman–Crippen LogP) is 2.68. The zero-order valence-corrected chi connectivity index (χ0v) is 11.7. The highest BCUT2D eigenvalue weighted by atomic mass is 16.1. The second-order valence-corrected chi connectivity index (χ2v) is 4.93. The molecule has 0 aliphatic rings. The Kier molecular flexibility index (Phi) is 5.62. The number of anilines is 1. The van der Waals surface area contributed by atoms with Gasteiger partial charge < -0.3 is 10.6 Å². The van der Waals surface area contributed by atoms with Crippen molar-refractivity contribution in [1.82, 2.24) is 10.3 Å². The molecular weight excluding hydrogens is 226 g/mol. The number of amides is 1. The number of carbonyl (C=O) groups is 1. The van der Waals surface area contributed by atoms with E-state index in [-0.39, 0.29) is 11.9 Å². The Balaban J connectivity index is 2.71. The van der Waals surface area contributed by atoms with Crippen LogP contribution in [0.1, 0.15) is 44.5 Å². The Morgan fingerprint density at radius 3 is 2.72 bits per heavy atom. The van der Waals surface area contributed by atoms with E-state index in [0.717, 1.165) is 13.0 Å². The molecule has 100 valence electrons. The number of hydrogen-bond donors (Lipinski definition) is 2. The molecule has 0 aliphatic carbocycles. The fourth-order valence-electron chi connectivity index (χ4n) is 1.96. The molecule has 18 heavy (non-hydrogen) atoms. The third-order valence-electron chi connectivity index (χ3n) is 2.60. The van der Waals surface area contributed by atoms with Crippen molar-refractivity contribution in [1.29, 1.82) is 0 Å². The molecule has 1 aromatic rings. The molecule has 1 rings (SSSR count). The summed E-state index contributed by atoms with van der Waals surface area (Å²) >= 11 is 0. The summed E-state index contributed by atoms with van der Waals surface area (Å²) in [6, 6.07) is 3.75. The minimum atomic E-state index is -0.0628. The van der Waals surface area contributed by atoms with Crippen LogP contribution in [0.5, 0.6) is 0 Å². The first-order chi connectivity index (χ1) is 8.54. The Hall–Kier alpha value is -1.58. The van der Waals surface area contributed by atoms with Crippen LogP contribution in [0.15, 0.2) is 18.3 Å². The Morgan fingerprint density at radius 2 is 2.11 bits per heavy atom. The molecule has 1 heterocycles. The van der Waals surface area contributed by atoms with E-state index >= 15 is 0 Å². The van der Waals surface area contributed by atoms with E-state index in [4.69, 9.17) is 0 Å². The molecule has 4 heteroatoms. The van der Waals surface area contributed by atoms with E-state index < -0.39 is 0 Å². The van der Waals surface area contributed by atoms with E-state index in [2.05, 4.69) is 29.5 Å². The van der Waals surface area contributed by atoms with Crippen LogP contribution in [0.2, 0.25) is 0 Å². The first-order valence-electron chi connectivity index (χ1n) is 6.54. The molecular formula is C14H23N3O. The van der Waals surface area contributed by atoms with E-state index in [9.17, 15) is 4.79 Å². The third-order valence-corrected chi connectivity index (χ3v) is 2.60. The predicted molar refractivity (Wildman–Crippen MR) is 74.8 cm³/mol. The van der Waals surface area contributed by atoms with Gasteiger partial charge in [-0.2, -0.15) is 0 Å². The minimum absolute atomic E-state index is 0.0628. The summed E-state index contributed by atoms with van der Waals surface area (Å²) in [5, 5.41) is 6.11. The number of nitrogens with one attached hydrogen (secondary N) is 2. The molecule has 0 radical (unpaired) electrons. The fourth-order valence-corrected chi connectivity index (χ4v) is 1.96. The summed E-state index contributed by atoms with van der Waals surface area (Å²) in [7, 11) is 0. The number of nitrogens with zero attached hydrogens (tertiary/aromatic N) is 1. The molecule has 0 aliphatic heterocycles. The van der Waals surface area contributed by atoms with E-state index in [1.165, 1.54) is 0 Å². The summed E-state index contributed by atoms with van der Waals surface area (Å²) < 4.78 is 0. The van der Waals surface area contributed by atoms with Crippen molar-refractivity contribution < 1.29 is 4.79 Å². The Bertz CT molecular complexity index is 390. The number of rotatable bonds is 6. The van der Waals surface area contributed by atoms with Gasteiger partial charge in [-0.3, -0.25) is 4.79 Å². The fraction of sp³-hybridized carbons (Fsp3) is 0.571. The molecule has 4 nitrogen and oxygen atoms in total. The van der Waals surface area contributed by atoms with Crippen molar-refractivity contribution in [3.05, 3.63) is 23.9 Å². The van der Waals surface area contributed by atoms with Crippen LogP contribution in [-0.4, -0.2) is 23.5 Å². The van der Waals surface area contributed by atoms with Crippen LogP contribution >= 0.6 is 0 Å². The number of carbonyl (C=O) groups excluding carboxylic acids is 1. The Morgan fingerprint density at radius 1 is 1.39 bits per heavy atom. The van der Waals surface area contributed by atoms with Gasteiger partial charge in [0.1, 0.15) is 5.82 Å². The van der Waals surface area contributed by atoms with E-state index in [0.29, 0.717) is 17.3 Å². The van der Waals surface area contributed by atoms with Crippen molar-refractivity contribution in [3.8, 4) is 0 Å². The van der Waals surface area contributed by atoms with Crippen molar-refractivity contribution >= 4 is 11.7 Å². The smallest absolute Gasteiger partial charge is 0.255 e. The monoisotopic (exact) mass is 249 g/mol. The van der Waals surface area contributed by atoms with Gasteiger partial charge in [0.2, 0.25) is 0 Å². The van der Waals surface area contributed by atoms with Gasteiger partial charge in [0, 0.05) is 18.8 Å². The SMILES string of the molecule is CCNc1ncccc1C(=O)NC(C)CC(C)C. The van der Waals surface area contributed by atoms with Crippen LogP contribution in [0.25, 0.3) is 0 Å². The molecule has 0 aromatic carbocycles. The maximum Gasteiger partial charge on any atom is 0.255 e. The molecule has 0 saturated carbocycles. The lowest BCUT2D eigenvalue weighted by Gasteiger charge is -2.17. The van der Waals surface area contributed by atoms with Gasteiger partial charge in [-0.15, -0.1) is 0 Å². The number of hydrogen-bond acceptors (Lipinski definition) is 3. The molecule has 0 saturated heterocycles. The molecule has 1 amide bonds. The summed E-state index contributed by atoms with van der Waals surface area (Å²) in [6.07, 6.45) is 2.66. The number of aromatic nitrogens is 1. The maximum absolute atomic E-state index is 12.1. The zero-order valence-electron chi connectivity index (χ0n) is 11.7. The molecule has 0 bridgehead atoms. The first-order valence-corrected chi connectivity index (χ1v) is 6.54. The highest BCUT2D eigenvalue weighted by molar-refractivity contribution is 5.98. The largest absolute Gasteiger partial charge is 0.370 e. The summed E-state index contributed by atoms with van der Waals surface area (Å²) in [4.78, 5) is 16.3. The highest BCUT2D eigenvalue weighted by Crippen LogP contribution is 2.12. The molecule has 1 atom stereocenters. The van der Waals surface area contributed by atoms with Crippen molar-refractivity contribution in [2.45, 2.75) is 40.2 Å². The van der Waals surface area contributed by atoms with Gasteiger partial charge in [0.05, 0.1) is 5.56 Å². The summed E-state index contributed by atoms with van der Waals surface area (Å²) in [6.45, 7) is 9.06. The van der Waals surface area contributed by atoms with Crippen LogP contribution < -0.4 is 10.6 Å². The van der Waals surface area contributed by atoms with E-state index in [1.54, 1.807) is 18.3 Å². The van der Waals surface area contributed by atoms with Gasteiger partial charge in [-0.25, -0.2) is 4.98 Å². The second kappa shape index (κ2) is 6.99. The molecule has 0 fully saturated rings. The molecule has 0 spiro atoms. The molecule has 1 aromatic heterocycles. The average Bonchev–Trinajstić information content (AvgIpc) is 2.28. The van der Waals surface area contributed by atoms with Gasteiger partial charge in [-0.1, -0.05) is 13.8 Å². The van der Waals surface area contributed by atoms with Crippen molar-refractivity contribution in [3.63, 3.8) is 0 Å². The highest BCUT2D eigenvalue weighted by Gasteiger charge is 2.14. The zero-order chi connectivity index (χ0) is 13.5. The first kappa shape index (κ1) is 14.5. The van der Waals surface area contributed by atoms with Gasteiger partial charge in [0.15, 0.2) is 0 Å². The summed E-state index contributed by atoms with van der Waals surface area (Å²) in [5.41, 5.74) is 0.606. The normalized spacial score (nSPS) is 12.3. The molecule has 2 N–H and O–H groups in total. The van der Waals surface area contributed by atoms with E-state index in [1.807, 2.05) is 13.8 Å². The standard InChI is InChI=1S/C14H23N3O/c1-5-15-13-12(7-6-8-16-13)14(18)17-11(4)9-10(2)3/h6-8,10-11H,5,9H2,1-4H3,(H,15,16)(H,17,18). The lowest BCUT2D eigenvalue weighted by atomic mass is 10.0. The lowest BCUT2D eigenvalue weighted by Crippen LogP contribution is -2.34. The van der Waals surface area contributed by atoms with Crippen molar-refractivity contribution in [2.75, 3.05) is 11.9 Å². The topological polar surface area (TPSA) is 54.0 Å². The van der Waals surface area contributed by atoms with Crippen LogP contribution in [-0.2, 0) is 0 Å². The van der Waals surface area contributed by atoms with Gasteiger partial charge >= 0.3 is 0 Å². The second-order valence-electron chi connectivity index (χ2n) is 4.93.